The van der Waals surface area contributed by atoms with Crippen LogP contribution in [0, 0.1) is 5.92 Å². The summed E-state index contributed by atoms with van der Waals surface area (Å²) in [4.78, 5) is 28.3. The molecule has 1 saturated carbocycles. The highest BCUT2D eigenvalue weighted by Gasteiger charge is 2.28. The van der Waals surface area contributed by atoms with Crippen LogP contribution in [0.1, 0.15) is 38.5 Å². The van der Waals surface area contributed by atoms with Crippen LogP contribution in [0.15, 0.2) is 18.3 Å². The molecule has 1 aliphatic carbocycles. The molecule has 2 amide bonds. The van der Waals surface area contributed by atoms with Gasteiger partial charge in [0.1, 0.15) is 11.9 Å². The molecule has 118 valence electrons. The lowest BCUT2D eigenvalue weighted by molar-refractivity contribution is -0.125. The Balaban J connectivity index is 1.50. The van der Waals surface area contributed by atoms with Crippen LogP contribution >= 0.6 is 0 Å². The van der Waals surface area contributed by atoms with Gasteiger partial charge < -0.3 is 16.0 Å². The summed E-state index contributed by atoms with van der Waals surface area (Å²) in [7, 11) is 0. The zero-order chi connectivity index (χ0) is 15.4. The van der Waals surface area contributed by atoms with Gasteiger partial charge in [-0.3, -0.25) is 9.59 Å². The van der Waals surface area contributed by atoms with Crippen molar-refractivity contribution in [3.8, 4) is 0 Å². The van der Waals surface area contributed by atoms with Crippen LogP contribution in [0.3, 0.4) is 0 Å². The van der Waals surface area contributed by atoms with Crippen molar-refractivity contribution < 1.29 is 9.59 Å². The summed E-state index contributed by atoms with van der Waals surface area (Å²) >= 11 is 0. The number of amides is 2. The molecule has 2 aliphatic rings. The number of hydrogen-bond acceptors (Lipinski definition) is 4. The minimum Gasteiger partial charge on any atom is -0.356 e. The molecule has 0 radical (unpaired) electrons. The molecular weight excluding hydrogens is 280 g/mol. The summed E-state index contributed by atoms with van der Waals surface area (Å²) in [5.74, 6) is 0.936. The molecule has 2 heterocycles. The van der Waals surface area contributed by atoms with Crippen LogP contribution in [-0.4, -0.2) is 29.4 Å². The van der Waals surface area contributed by atoms with Crippen molar-refractivity contribution in [2.75, 3.05) is 17.2 Å². The van der Waals surface area contributed by atoms with E-state index in [1.807, 2.05) is 0 Å². The Morgan fingerprint density at radius 3 is 2.95 bits per heavy atom. The fourth-order valence-corrected chi connectivity index (χ4v) is 3.12. The lowest BCUT2D eigenvalue weighted by Gasteiger charge is -2.26. The summed E-state index contributed by atoms with van der Waals surface area (Å²) in [5, 5.41) is 8.77. The number of carbonyl (C=O) groups excluding carboxylic acids is 2. The number of rotatable bonds is 4. The van der Waals surface area contributed by atoms with Crippen molar-refractivity contribution in [1.29, 1.82) is 0 Å². The van der Waals surface area contributed by atoms with Crippen LogP contribution in [0.5, 0.6) is 0 Å². The minimum atomic E-state index is -0.561. The number of pyridine rings is 1. The number of nitrogens with one attached hydrogen (secondary N) is 3. The molecule has 6 nitrogen and oxygen atoms in total. The van der Waals surface area contributed by atoms with Gasteiger partial charge in [-0.05, 0) is 30.9 Å². The van der Waals surface area contributed by atoms with Crippen molar-refractivity contribution in [2.45, 2.75) is 44.6 Å². The zero-order valence-electron chi connectivity index (χ0n) is 12.6. The SMILES string of the molecule is O=C(CC1Nc2ncccc2NC1=O)NCC1CCCCC1. The summed E-state index contributed by atoms with van der Waals surface area (Å²) in [6, 6.07) is 2.98. The Morgan fingerprint density at radius 1 is 1.32 bits per heavy atom. The van der Waals surface area contributed by atoms with Gasteiger partial charge in [0.05, 0.1) is 12.1 Å². The molecule has 0 saturated heterocycles. The Bertz CT molecular complexity index is 555. The standard InChI is InChI=1S/C16H22N4O2/c21-14(18-10-11-5-2-1-3-6-11)9-13-16(22)20-12-7-4-8-17-15(12)19-13/h4,7-8,11,13H,1-3,5-6,9-10H2,(H,17,19)(H,18,21)(H,20,22). The second-order valence-corrected chi connectivity index (χ2v) is 6.10. The largest absolute Gasteiger partial charge is 0.356 e. The van der Waals surface area contributed by atoms with E-state index < -0.39 is 6.04 Å². The third-order valence-corrected chi connectivity index (χ3v) is 4.40. The van der Waals surface area contributed by atoms with E-state index in [1.165, 1.54) is 32.1 Å². The topological polar surface area (TPSA) is 83.1 Å². The third kappa shape index (κ3) is 3.55. The molecule has 1 fully saturated rings. The van der Waals surface area contributed by atoms with E-state index in [1.54, 1.807) is 18.3 Å². The molecule has 0 bridgehead atoms. The first-order valence-electron chi connectivity index (χ1n) is 8.01. The molecule has 1 aliphatic heterocycles. The number of hydrogen-bond donors (Lipinski definition) is 3. The fourth-order valence-electron chi connectivity index (χ4n) is 3.12. The number of fused-ring (bicyclic) bond motifs is 1. The maximum atomic E-state index is 12.1. The van der Waals surface area contributed by atoms with Gasteiger partial charge in [0.2, 0.25) is 11.8 Å². The predicted octanol–water partition coefficient (Wildman–Crippen LogP) is 1.90. The first kappa shape index (κ1) is 14.8. The van der Waals surface area contributed by atoms with Crippen LogP contribution in [0.2, 0.25) is 0 Å². The van der Waals surface area contributed by atoms with E-state index in [4.69, 9.17) is 0 Å². The van der Waals surface area contributed by atoms with Gasteiger partial charge in [0.25, 0.3) is 0 Å². The smallest absolute Gasteiger partial charge is 0.247 e. The van der Waals surface area contributed by atoms with Crippen LogP contribution in [0.25, 0.3) is 0 Å². The Morgan fingerprint density at radius 2 is 2.14 bits per heavy atom. The van der Waals surface area contributed by atoms with E-state index in [0.29, 0.717) is 17.4 Å². The van der Waals surface area contributed by atoms with Gasteiger partial charge in [-0.1, -0.05) is 19.3 Å². The maximum Gasteiger partial charge on any atom is 0.247 e. The van der Waals surface area contributed by atoms with E-state index in [-0.39, 0.29) is 18.2 Å². The first-order valence-corrected chi connectivity index (χ1v) is 8.01. The van der Waals surface area contributed by atoms with Crippen LogP contribution < -0.4 is 16.0 Å². The quantitative estimate of drug-likeness (QED) is 0.793. The Kier molecular flexibility index (Phi) is 4.56. The molecule has 1 aromatic rings. The van der Waals surface area contributed by atoms with Gasteiger partial charge in [-0.25, -0.2) is 4.98 Å². The number of carbonyl (C=O) groups is 2. The highest BCUT2D eigenvalue weighted by molar-refractivity contribution is 6.04. The monoisotopic (exact) mass is 302 g/mol. The lowest BCUT2D eigenvalue weighted by Crippen LogP contribution is -2.43. The first-order chi connectivity index (χ1) is 10.7. The fraction of sp³-hybridized carbons (Fsp3) is 0.562. The van der Waals surface area contributed by atoms with Gasteiger partial charge in [0, 0.05) is 12.7 Å². The van der Waals surface area contributed by atoms with Crippen molar-refractivity contribution in [3.05, 3.63) is 18.3 Å². The minimum absolute atomic E-state index is 0.0856. The van der Waals surface area contributed by atoms with E-state index in [2.05, 4.69) is 20.9 Å². The van der Waals surface area contributed by atoms with E-state index in [9.17, 15) is 9.59 Å². The molecule has 3 N–H and O–H groups in total. The van der Waals surface area contributed by atoms with E-state index in [0.717, 1.165) is 6.54 Å². The molecule has 0 aromatic carbocycles. The molecule has 1 unspecified atom stereocenters. The predicted molar refractivity (Wildman–Crippen MR) is 84.5 cm³/mol. The summed E-state index contributed by atoms with van der Waals surface area (Å²) in [6.07, 6.45) is 8.01. The second kappa shape index (κ2) is 6.77. The van der Waals surface area contributed by atoms with Crippen LogP contribution in [0.4, 0.5) is 11.5 Å². The van der Waals surface area contributed by atoms with Crippen LogP contribution in [-0.2, 0) is 9.59 Å². The number of nitrogens with zero attached hydrogens (tertiary/aromatic N) is 1. The normalized spacial score (nSPS) is 21.5. The van der Waals surface area contributed by atoms with Gasteiger partial charge in [-0.15, -0.1) is 0 Å². The molecule has 6 heteroatoms. The van der Waals surface area contributed by atoms with Crippen molar-refractivity contribution >= 4 is 23.3 Å². The second-order valence-electron chi connectivity index (χ2n) is 6.10. The van der Waals surface area contributed by atoms with Crippen molar-refractivity contribution in [1.82, 2.24) is 10.3 Å². The highest BCUT2D eigenvalue weighted by atomic mass is 16.2. The average Bonchev–Trinajstić information content (AvgIpc) is 2.55. The summed E-state index contributed by atoms with van der Waals surface area (Å²) in [5.41, 5.74) is 0.659. The summed E-state index contributed by atoms with van der Waals surface area (Å²) in [6.45, 7) is 0.724. The van der Waals surface area contributed by atoms with Gasteiger partial charge in [-0.2, -0.15) is 0 Å². The molecular formula is C16H22N4O2. The molecule has 22 heavy (non-hydrogen) atoms. The molecule has 1 aromatic heterocycles. The van der Waals surface area contributed by atoms with Crippen molar-refractivity contribution in [2.24, 2.45) is 5.92 Å². The molecule has 0 spiro atoms. The summed E-state index contributed by atoms with van der Waals surface area (Å²) < 4.78 is 0. The van der Waals surface area contributed by atoms with Gasteiger partial charge in [0.15, 0.2) is 0 Å². The van der Waals surface area contributed by atoms with Crippen molar-refractivity contribution in [3.63, 3.8) is 0 Å². The molecule has 1 atom stereocenters. The number of aromatic nitrogens is 1. The third-order valence-electron chi connectivity index (χ3n) is 4.40. The zero-order valence-corrected chi connectivity index (χ0v) is 12.6. The number of anilines is 2. The Labute approximate surface area is 130 Å². The van der Waals surface area contributed by atoms with E-state index >= 15 is 0 Å². The average molecular weight is 302 g/mol. The highest BCUT2D eigenvalue weighted by Crippen LogP contribution is 2.25. The molecule has 3 rings (SSSR count). The maximum absolute atomic E-state index is 12.1. The Hall–Kier alpha value is -2.11. The van der Waals surface area contributed by atoms with Gasteiger partial charge >= 0.3 is 0 Å². The lowest BCUT2D eigenvalue weighted by atomic mass is 9.89.